The molecule has 0 radical (unpaired) electrons. The van der Waals surface area contributed by atoms with Crippen molar-refractivity contribution in [1.29, 1.82) is 0 Å². The molecule has 1 saturated carbocycles. The first-order valence-electron chi connectivity index (χ1n) is 7.55. The van der Waals surface area contributed by atoms with E-state index in [0.717, 1.165) is 5.56 Å². The van der Waals surface area contributed by atoms with Crippen LogP contribution in [0.15, 0.2) is 59.5 Å². The lowest BCUT2D eigenvalue weighted by molar-refractivity contribution is -0.145. The van der Waals surface area contributed by atoms with Crippen LogP contribution in [0.25, 0.3) is 0 Å². The van der Waals surface area contributed by atoms with E-state index in [-0.39, 0.29) is 4.90 Å². The molecule has 0 unspecified atom stereocenters. The van der Waals surface area contributed by atoms with Crippen LogP contribution in [0.4, 0.5) is 0 Å². The van der Waals surface area contributed by atoms with Gasteiger partial charge in [0.15, 0.2) is 9.84 Å². The van der Waals surface area contributed by atoms with Crippen LogP contribution in [-0.2, 0) is 14.6 Å². The number of rotatable bonds is 5. The van der Waals surface area contributed by atoms with Crippen molar-refractivity contribution in [2.45, 2.75) is 23.0 Å². The summed E-state index contributed by atoms with van der Waals surface area (Å²) in [6, 6.07) is 14.9. The van der Waals surface area contributed by atoms with E-state index in [0.29, 0.717) is 5.56 Å². The van der Waals surface area contributed by atoms with E-state index in [1.54, 1.807) is 42.5 Å². The molecular formula is C18H18O5S. The smallest absolute Gasteiger partial charge is 0.314 e. The lowest BCUT2D eigenvalue weighted by Gasteiger charge is -2.09. The molecule has 126 valence electrons. The van der Waals surface area contributed by atoms with Crippen LogP contribution in [0, 0.1) is 12.3 Å². The highest BCUT2D eigenvalue weighted by Gasteiger charge is 2.75. The van der Waals surface area contributed by atoms with Crippen LogP contribution in [0.1, 0.15) is 17.0 Å². The van der Waals surface area contributed by atoms with Gasteiger partial charge >= 0.3 is 5.97 Å². The first-order chi connectivity index (χ1) is 11.4. The molecule has 1 aliphatic carbocycles. The van der Waals surface area contributed by atoms with E-state index in [4.69, 9.17) is 0 Å². The maximum Gasteiger partial charge on any atom is 0.314 e. The fourth-order valence-electron chi connectivity index (χ4n) is 3.38. The van der Waals surface area contributed by atoms with Gasteiger partial charge in [-0.15, -0.1) is 0 Å². The second-order valence-corrected chi connectivity index (χ2v) is 8.24. The molecule has 3 atom stereocenters. The Balaban J connectivity index is 2.11. The molecule has 2 aromatic rings. The lowest BCUT2D eigenvalue weighted by atomic mass is 10.0. The summed E-state index contributed by atoms with van der Waals surface area (Å²) < 4.78 is 26.0. The topological polar surface area (TPSA) is 91.7 Å². The molecule has 0 aliphatic heterocycles. The highest BCUT2D eigenvalue weighted by molar-refractivity contribution is 7.92. The third-order valence-electron chi connectivity index (χ3n) is 4.76. The average Bonchev–Trinajstić information content (AvgIpc) is 3.28. The van der Waals surface area contributed by atoms with Crippen molar-refractivity contribution in [1.82, 2.24) is 0 Å². The number of carboxylic acid groups (broad SMARTS) is 1. The van der Waals surface area contributed by atoms with E-state index in [2.05, 4.69) is 0 Å². The van der Waals surface area contributed by atoms with Gasteiger partial charge in [0.2, 0.25) is 0 Å². The van der Waals surface area contributed by atoms with Gasteiger partial charge in [0, 0.05) is 5.92 Å². The molecule has 24 heavy (non-hydrogen) atoms. The largest absolute Gasteiger partial charge is 0.481 e. The molecule has 2 N–H and O–H groups in total. The quantitative estimate of drug-likeness (QED) is 0.864. The number of hydrogen-bond donors (Lipinski definition) is 2. The van der Waals surface area contributed by atoms with E-state index >= 15 is 0 Å². The fraction of sp³-hybridized carbons (Fsp3) is 0.278. The van der Waals surface area contributed by atoms with E-state index in [1.165, 1.54) is 12.1 Å². The van der Waals surface area contributed by atoms with Crippen LogP contribution < -0.4 is 0 Å². The Bertz CT molecular complexity index is 858. The van der Waals surface area contributed by atoms with Crippen molar-refractivity contribution in [3.63, 3.8) is 0 Å². The van der Waals surface area contributed by atoms with Crippen molar-refractivity contribution in [2.24, 2.45) is 5.41 Å². The van der Waals surface area contributed by atoms with Crippen molar-refractivity contribution in [3.05, 3.63) is 65.7 Å². The van der Waals surface area contributed by atoms with Crippen molar-refractivity contribution in [3.8, 4) is 0 Å². The third kappa shape index (κ3) is 2.34. The van der Waals surface area contributed by atoms with Gasteiger partial charge in [-0.1, -0.05) is 48.0 Å². The summed E-state index contributed by atoms with van der Waals surface area (Å²) in [7, 11) is -3.89. The van der Waals surface area contributed by atoms with E-state index in [9.17, 15) is 23.4 Å². The molecule has 0 spiro atoms. The van der Waals surface area contributed by atoms with Crippen LogP contribution in [0.2, 0.25) is 0 Å². The number of carbonyl (C=O) groups is 1. The number of carboxylic acids is 1. The lowest BCUT2D eigenvalue weighted by Crippen LogP contribution is -2.27. The number of aliphatic hydroxyl groups is 1. The zero-order valence-corrected chi connectivity index (χ0v) is 13.9. The highest BCUT2D eigenvalue weighted by Crippen LogP contribution is 2.63. The Morgan fingerprint density at radius 2 is 1.67 bits per heavy atom. The minimum absolute atomic E-state index is 0.0793. The van der Waals surface area contributed by atoms with Gasteiger partial charge in [-0.05, 0) is 24.6 Å². The van der Waals surface area contributed by atoms with Gasteiger partial charge in [-0.25, -0.2) is 8.42 Å². The molecular weight excluding hydrogens is 328 g/mol. The summed E-state index contributed by atoms with van der Waals surface area (Å²) >= 11 is 0. The van der Waals surface area contributed by atoms with Gasteiger partial charge in [0.1, 0.15) is 5.41 Å². The van der Waals surface area contributed by atoms with Gasteiger partial charge < -0.3 is 10.2 Å². The van der Waals surface area contributed by atoms with Crippen LogP contribution >= 0.6 is 0 Å². The Kier molecular flexibility index (Phi) is 3.97. The predicted molar refractivity (Wildman–Crippen MR) is 88.5 cm³/mol. The first kappa shape index (κ1) is 16.7. The number of sulfone groups is 1. The molecule has 0 amide bonds. The summed E-state index contributed by atoms with van der Waals surface area (Å²) in [5.74, 6) is -2.06. The van der Waals surface area contributed by atoms with Crippen molar-refractivity contribution in [2.75, 3.05) is 6.61 Å². The molecule has 5 nitrogen and oxygen atoms in total. The molecule has 0 aromatic heterocycles. The highest BCUT2D eigenvalue weighted by atomic mass is 32.2. The SMILES string of the molecule is Cc1ccc(S(=O)(=O)[C@@H]2[C@H](c3ccccc3)[C@]2(CO)C(=O)O)cc1. The van der Waals surface area contributed by atoms with Crippen LogP contribution in [-0.4, -0.2) is 36.5 Å². The summed E-state index contributed by atoms with van der Waals surface area (Å²) in [6.07, 6.45) is 0. The Labute approximate surface area is 140 Å². The maximum atomic E-state index is 13.0. The Hall–Kier alpha value is -2.18. The maximum absolute atomic E-state index is 13.0. The van der Waals surface area contributed by atoms with Crippen LogP contribution in [0.3, 0.4) is 0 Å². The average molecular weight is 346 g/mol. The van der Waals surface area contributed by atoms with E-state index < -0.39 is 39.0 Å². The summed E-state index contributed by atoms with van der Waals surface area (Å²) in [5.41, 5.74) is -0.184. The molecule has 2 aromatic carbocycles. The molecule has 1 aliphatic rings. The number of hydrogen-bond acceptors (Lipinski definition) is 4. The Morgan fingerprint density at radius 3 is 2.17 bits per heavy atom. The molecule has 6 heteroatoms. The zero-order chi connectivity index (χ0) is 17.5. The number of aryl methyl sites for hydroxylation is 1. The normalized spacial score (nSPS) is 26.1. The van der Waals surface area contributed by atoms with Crippen molar-refractivity contribution < 1.29 is 23.4 Å². The van der Waals surface area contributed by atoms with Gasteiger partial charge in [-0.2, -0.15) is 0 Å². The summed E-state index contributed by atoms with van der Waals surface area (Å²) in [5, 5.41) is 18.2. The molecule has 0 bridgehead atoms. The van der Waals surface area contributed by atoms with Gasteiger partial charge in [0.05, 0.1) is 16.8 Å². The molecule has 0 heterocycles. The van der Waals surface area contributed by atoms with Gasteiger partial charge in [-0.3, -0.25) is 4.79 Å². The number of aliphatic carboxylic acids is 1. The monoisotopic (exact) mass is 346 g/mol. The predicted octanol–water partition coefficient (Wildman–Crippen LogP) is 2.00. The molecule has 3 rings (SSSR count). The second kappa shape index (κ2) is 5.72. The summed E-state index contributed by atoms with van der Waals surface area (Å²) in [4.78, 5) is 11.9. The van der Waals surface area contributed by atoms with Gasteiger partial charge in [0.25, 0.3) is 0 Å². The number of aliphatic hydroxyl groups excluding tert-OH is 1. The molecule has 0 saturated heterocycles. The minimum atomic E-state index is -3.89. The Morgan fingerprint density at radius 1 is 1.08 bits per heavy atom. The second-order valence-electron chi connectivity index (χ2n) is 6.17. The first-order valence-corrected chi connectivity index (χ1v) is 9.10. The minimum Gasteiger partial charge on any atom is -0.481 e. The fourth-order valence-corrected chi connectivity index (χ4v) is 5.74. The van der Waals surface area contributed by atoms with Crippen molar-refractivity contribution >= 4 is 15.8 Å². The molecule has 1 fully saturated rings. The third-order valence-corrected chi connectivity index (χ3v) is 7.05. The van der Waals surface area contributed by atoms with E-state index in [1.807, 2.05) is 6.92 Å². The summed E-state index contributed by atoms with van der Waals surface area (Å²) in [6.45, 7) is 1.12. The standard InChI is InChI=1S/C18H18O5S/c1-12-7-9-14(10-8-12)24(22,23)16-15(13-5-3-2-4-6-13)18(16,11-19)17(20)21/h2-10,15-16,19H,11H2,1H3,(H,20,21)/t15-,16+,18-/m0/s1. The van der Waals surface area contributed by atoms with Crippen LogP contribution in [0.5, 0.6) is 0 Å². The number of benzene rings is 2. The zero-order valence-electron chi connectivity index (χ0n) is 13.1.